The van der Waals surface area contributed by atoms with E-state index in [0.29, 0.717) is 13.1 Å². The summed E-state index contributed by atoms with van der Waals surface area (Å²) in [6.07, 6.45) is 0. The Bertz CT molecular complexity index is 437. The molecule has 2 amide bonds. The van der Waals surface area contributed by atoms with Crippen molar-refractivity contribution in [2.75, 3.05) is 44.2 Å². The van der Waals surface area contributed by atoms with Crippen molar-refractivity contribution in [3.63, 3.8) is 0 Å². The molecule has 0 unspecified atom stereocenters. The summed E-state index contributed by atoms with van der Waals surface area (Å²) in [5, 5.41) is 0. The lowest BCUT2D eigenvalue weighted by atomic mass is 10.2. The molecular formula is C15H22FN3O. The van der Waals surface area contributed by atoms with Gasteiger partial charge in [0.05, 0.1) is 0 Å². The van der Waals surface area contributed by atoms with E-state index in [2.05, 4.69) is 4.90 Å². The van der Waals surface area contributed by atoms with E-state index < -0.39 is 0 Å². The fourth-order valence-corrected chi connectivity index (χ4v) is 2.50. The molecule has 0 N–H and O–H groups in total. The molecule has 0 spiro atoms. The monoisotopic (exact) mass is 279 g/mol. The Morgan fingerprint density at radius 2 is 1.65 bits per heavy atom. The maximum absolute atomic E-state index is 12.9. The predicted octanol–water partition coefficient (Wildman–Crippen LogP) is 2.41. The van der Waals surface area contributed by atoms with Crippen LogP contribution in [0.1, 0.15) is 13.8 Å². The molecule has 5 heteroatoms. The van der Waals surface area contributed by atoms with Gasteiger partial charge in [0.2, 0.25) is 0 Å². The van der Waals surface area contributed by atoms with Crippen LogP contribution in [0.3, 0.4) is 0 Å². The summed E-state index contributed by atoms with van der Waals surface area (Å²) < 4.78 is 12.9. The summed E-state index contributed by atoms with van der Waals surface area (Å²) in [7, 11) is 0. The maximum atomic E-state index is 12.9. The second-order valence-electron chi connectivity index (χ2n) is 4.91. The second-order valence-corrected chi connectivity index (χ2v) is 4.91. The summed E-state index contributed by atoms with van der Waals surface area (Å²) in [6, 6.07) is 6.65. The van der Waals surface area contributed by atoms with E-state index in [1.807, 2.05) is 23.6 Å². The van der Waals surface area contributed by atoms with Crippen LogP contribution in [0.5, 0.6) is 0 Å². The smallest absolute Gasteiger partial charge is 0.320 e. The minimum absolute atomic E-state index is 0.119. The zero-order valence-electron chi connectivity index (χ0n) is 12.2. The third-order valence-electron chi connectivity index (χ3n) is 3.78. The topological polar surface area (TPSA) is 26.8 Å². The Morgan fingerprint density at radius 1 is 1.10 bits per heavy atom. The molecule has 1 aromatic carbocycles. The molecular weight excluding hydrogens is 257 g/mol. The number of urea groups is 1. The largest absolute Gasteiger partial charge is 0.368 e. The van der Waals surface area contributed by atoms with Gasteiger partial charge in [-0.05, 0) is 38.1 Å². The van der Waals surface area contributed by atoms with Crippen LogP contribution in [-0.4, -0.2) is 55.1 Å². The minimum Gasteiger partial charge on any atom is -0.368 e. The van der Waals surface area contributed by atoms with Gasteiger partial charge in [-0.1, -0.05) is 0 Å². The number of hydrogen-bond acceptors (Lipinski definition) is 2. The third-order valence-corrected chi connectivity index (χ3v) is 3.78. The molecule has 4 nitrogen and oxygen atoms in total. The molecule has 0 saturated carbocycles. The van der Waals surface area contributed by atoms with Gasteiger partial charge in [0.1, 0.15) is 5.82 Å². The Hall–Kier alpha value is -1.78. The lowest BCUT2D eigenvalue weighted by Gasteiger charge is -2.38. The highest BCUT2D eigenvalue weighted by Gasteiger charge is 2.23. The van der Waals surface area contributed by atoms with Gasteiger partial charge in [0.15, 0.2) is 0 Å². The zero-order valence-corrected chi connectivity index (χ0v) is 12.2. The number of benzene rings is 1. The highest BCUT2D eigenvalue weighted by molar-refractivity contribution is 5.74. The highest BCUT2D eigenvalue weighted by Crippen LogP contribution is 2.17. The summed E-state index contributed by atoms with van der Waals surface area (Å²) in [4.78, 5) is 18.2. The lowest BCUT2D eigenvalue weighted by molar-refractivity contribution is 0.154. The van der Waals surface area contributed by atoms with Crippen LogP contribution in [-0.2, 0) is 0 Å². The van der Waals surface area contributed by atoms with Crippen LogP contribution in [0.2, 0.25) is 0 Å². The SMILES string of the molecule is CCN(CC)C(=O)N1CCN(c2ccc(F)cc2)CC1. The normalized spacial score (nSPS) is 15.3. The number of carbonyl (C=O) groups excluding carboxylic acids is 1. The van der Waals surface area contributed by atoms with Crippen LogP contribution >= 0.6 is 0 Å². The van der Waals surface area contributed by atoms with Crippen LogP contribution < -0.4 is 4.90 Å². The second kappa shape index (κ2) is 6.59. The first-order valence-corrected chi connectivity index (χ1v) is 7.20. The maximum Gasteiger partial charge on any atom is 0.320 e. The molecule has 1 heterocycles. The fourth-order valence-electron chi connectivity index (χ4n) is 2.50. The van der Waals surface area contributed by atoms with Gasteiger partial charge in [0, 0.05) is 45.0 Å². The molecule has 0 bridgehead atoms. The number of rotatable bonds is 3. The Kier molecular flexibility index (Phi) is 4.82. The Labute approximate surface area is 119 Å². The number of hydrogen-bond donors (Lipinski definition) is 0. The van der Waals surface area contributed by atoms with Crippen LogP contribution in [0.15, 0.2) is 24.3 Å². The summed E-state index contributed by atoms with van der Waals surface area (Å²) >= 11 is 0. The minimum atomic E-state index is -0.218. The molecule has 110 valence electrons. The van der Waals surface area contributed by atoms with Crippen molar-refractivity contribution in [2.45, 2.75) is 13.8 Å². The van der Waals surface area contributed by atoms with E-state index in [1.165, 1.54) is 12.1 Å². The van der Waals surface area contributed by atoms with Crippen molar-refractivity contribution in [2.24, 2.45) is 0 Å². The van der Waals surface area contributed by atoms with E-state index >= 15 is 0 Å². The van der Waals surface area contributed by atoms with Crippen molar-refractivity contribution in [1.82, 2.24) is 9.80 Å². The number of anilines is 1. The predicted molar refractivity (Wildman–Crippen MR) is 78.5 cm³/mol. The van der Waals surface area contributed by atoms with Gasteiger partial charge in [-0.15, -0.1) is 0 Å². The van der Waals surface area contributed by atoms with Crippen molar-refractivity contribution in [3.05, 3.63) is 30.1 Å². The molecule has 1 aliphatic heterocycles. The van der Waals surface area contributed by atoms with E-state index in [4.69, 9.17) is 0 Å². The highest BCUT2D eigenvalue weighted by atomic mass is 19.1. The first-order chi connectivity index (χ1) is 9.65. The fraction of sp³-hybridized carbons (Fsp3) is 0.533. The molecule has 0 aromatic heterocycles. The van der Waals surface area contributed by atoms with Crippen molar-refractivity contribution >= 4 is 11.7 Å². The van der Waals surface area contributed by atoms with Crippen molar-refractivity contribution < 1.29 is 9.18 Å². The average Bonchev–Trinajstić information content (AvgIpc) is 2.49. The molecule has 0 atom stereocenters. The molecule has 1 fully saturated rings. The first-order valence-electron chi connectivity index (χ1n) is 7.20. The summed E-state index contributed by atoms with van der Waals surface area (Å²) in [5.41, 5.74) is 1.02. The van der Waals surface area contributed by atoms with Gasteiger partial charge in [0.25, 0.3) is 0 Å². The number of halogens is 1. The quantitative estimate of drug-likeness (QED) is 0.849. The van der Waals surface area contributed by atoms with Crippen LogP contribution in [0, 0.1) is 5.82 Å². The lowest BCUT2D eigenvalue weighted by Crippen LogP contribution is -2.52. The van der Waals surface area contributed by atoms with Crippen LogP contribution in [0.4, 0.5) is 14.9 Å². The van der Waals surface area contributed by atoms with E-state index in [1.54, 1.807) is 12.1 Å². The molecule has 2 rings (SSSR count). The van der Waals surface area contributed by atoms with Gasteiger partial charge < -0.3 is 14.7 Å². The van der Waals surface area contributed by atoms with Gasteiger partial charge in [-0.3, -0.25) is 0 Å². The number of amides is 2. The Morgan fingerprint density at radius 3 is 2.15 bits per heavy atom. The van der Waals surface area contributed by atoms with E-state index in [-0.39, 0.29) is 11.8 Å². The van der Waals surface area contributed by atoms with Crippen molar-refractivity contribution in [3.8, 4) is 0 Å². The number of carbonyl (C=O) groups is 1. The standard InChI is InChI=1S/C15H22FN3O/c1-3-17(4-2)15(20)19-11-9-18(10-12-19)14-7-5-13(16)6-8-14/h5-8H,3-4,9-12H2,1-2H3. The zero-order chi connectivity index (χ0) is 14.5. The molecule has 0 aliphatic carbocycles. The first kappa shape index (κ1) is 14.6. The Balaban J connectivity index is 1.92. The molecule has 20 heavy (non-hydrogen) atoms. The molecule has 0 radical (unpaired) electrons. The average molecular weight is 279 g/mol. The summed E-state index contributed by atoms with van der Waals surface area (Å²) in [6.45, 7) is 8.49. The molecule has 1 aliphatic rings. The number of piperazine rings is 1. The van der Waals surface area contributed by atoms with Gasteiger partial charge >= 0.3 is 6.03 Å². The molecule has 1 aromatic rings. The van der Waals surface area contributed by atoms with Gasteiger partial charge in [-0.2, -0.15) is 0 Å². The van der Waals surface area contributed by atoms with Gasteiger partial charge in [-0.25, -0.2) is 9.18 Å². The van der Waals surface area contributed by atoms with E-state index in [0.717, 1.165) is 31.9 Å². The van der Waals surface area contributed by atoms with Crippen molar-refractivity contribution in [1.29, 1.82) is 0 Å². The van der Waals surface area contributed by atoms with E-state index in [9.17, 15) is 9.18 Å². The molecule has 1 saturated heterocycles. The third kappa shape index (κ3) is 3.21. The summed E-state index contributed by atoms with van der Waals surface area (Å²) in [5.74, 6) is -0.218. The van der Waals surface area contributed by atoms with Crippen LogP contribution in [0.25, 0.3) is 0 Å². The number of nitrogens with zero attached hydrogens (tertiary/aromatic N) is 3.